The summed E-state index contributed by atoms with van der Waals surface area (Å²) in [5, 5.41) is 19.0. The number of pyridine rings is 1. The van der Waals surface area contributed by atoms with E-state index in [1.807, 2.05) is 6.07 Å². The summed E-state index contributed by atoms with van der Waals surface area (Å²) in [6.07, 6.45) is -2.57. The second-order valence-corrected chi connectivity index (χ2v) is 10.2. The molecule has 0 unspecified atom stereocenters. The van der Waals surface area contributed by atoms with Crippen LogP contribution >= 0.6 is 11.6 Å². The number of carboxylic acids is 1. The Morgan fingerprint density at radius 3 is 2.33 bits per heavy atom. The fraction of sp³-hybridized carbons (Fsp3) is 0.129. The molecule has 10 nitrogen and oxygen atoms in total. The number of alkyl halides is 3. The maximum absolute atomic E-state index is 13.7. The molecule has 1 amide bonds. The summed E-state index contributed by atoms with van der Waals surface area (Å²) < 4.78 is 47.5. The highest BCUT2D eigenvalue weighted by atomic mass is 35.5. The fourth-order valence-corrected chi connectivity index (χ4v) is 4.83. The predicted molar refractivity (Wildman–Crippen MR) is 159 cm³/mol. The van der Waals surface area contributed by atoms with Crippen molar-refractivity contribution in [2.45, 2.75) is 18.6 Å². The molecule has 0 spiro atoms. The molecular formula is C31H23ClF3N5O5. The minimum Gasteiger partial charge on any atom is -0.495 e. The number of benzene rings is 3. The Morgan fingerprint density at radius 2 is 1.71 bits per heavy atom. The highest BCUT2D eigenvalue weighted by Gasteiger charge is 2.35. The Balaban J connectivity index is 1.58. The number of nitrogens with one attached hydrogen (secondary N) is 1. The van der Waals surface area contributed by atoms with E-state index in [0.29, 0.717) is 11.9 Å². The third kappa shape index (κ3) is 6.88. The third-order valence-corrected chi connectivity index (χ3v) is 7.09. The van der Waals surface area contributed by atoms with Gasteiger partial charge in [0.25, 0.3) is 5.56 Å². The average Bonchev–Trinajstić information content (AvgIpc) is 3.52. The van der Waals surface area contributed by atoms with E-state index in [9.17, 15) is 32.7 Å². The van der Waals surface area contributed by atoms with Crippen LogP contribution in [0.15, 0.2) is 96.1 Å². The third-order valence-electron chi connectivity index (χ3n) is 6.85. The maximum Gasteiger partial charge on any atom is 0.436 e. The molecule has 230 valence electrons. The molecule has 2 heterocycles. The molecule has 0 bridgehead atoms. The highest BCUT2D eigenvalue weighted by Crippen LogP contribution is 2.36. The molecule has 0 saturated carbocycles. The summed E-state index contributed by atoms with van der Waals surface area (Å²) in [4.78, 5) is 38.6. The summed E-state index contributed by atoms with van der Waals surface area (Å²) in [5.74, 6) is -1.57. The molecule has 1 atom stereocenters. The topological polar surface area (TPSA) is 128 Å². The lowest BCUT2D eigenvalue weighted by molar-refractivity contribution is -0.141. The molecule has 0 radical (unpaired) electrons. The Morgan fingerprint density at radius 1 is 1.00 bits per heavy atom. The predicted octanol–water partition coefficient (Wildman–Crippen LogP) is 5.90. The van der Waals surface area contributed by atoms with E-state index < -0.39 is 35.3 Å². The number of ether oxygens (including phenoxy) is 1. The molecule has 5 rings (SSSR count). The van der Waals surface area contributed by atoms with Crippen LogP contribution < -0.4 is 15.6 Å². The van der Waals surface area contributed by atoms with Crippen LogP contribution in [0.4, 0.5) is 18.9 Å². The smallest absolute Gasteiger partial charge is 0.436 e. The second kappa shape index (κ2) is 12.7. The van der Waals surface area contributed by atoms with Crippen LogP contribution in [0.1, 0.15) is 27.7 Å². The van der Waals surface area contributed by atoms with Gasteiger partial charge in [0.2, 0.25) is 5.91 Å². The average molecular weight is 638 g/mol. The zero-order chi connectivity index (χ0) is 32.3. The van der Waals surface area contributed by atoms with E-state index in [2.05, 4.69) is 15.6 Å². The minimum absolute atomic E-state index is 0.0336. The fourth-order valence-electron chi connectivity index (χ4n) is 4.66. The summed E-state index contributed by atoms with van der Waals surface area (Å²) in [5.41, 5.74) is -0.186. The van der Waals surface area contributed by atoms with E-state index in [-0.39, 0.29) is 39.6 Å². The first-order chi connectivity index (χ1) is 21.4. The number of hydrogen-bond acceptors (Lipinski definition) is 6. The quantitative estimate of drug-likeness (QED) is 0.206. The number of amides is 1. The van der Waals surface area contributed by atoms with Gasteiger partial charge in [0.15, 0.2) is 5.69 Å². The largest absolute Gasteiger partial charge is 0.495 e. The molecule has 0 aliphatic rings. The summed E-state index contributed by atoms with van der Waals surface area (Å²) >= 11 is 6.25. The molecule has 0 aliphatic carbocycles. The molecule has 5 aromatic rings. The van der Waals surface area contributed by atoms with Gasteiger partial charge >= 0.3 is 12.1 Å². The van der Waals surface area contributed by atoms with Crippen LogP contribution in [-0.2, 0) is 17.4 Å². The number of nitrogens with zero attached hydrogens (tertiary/aromatic N) is 4. The van der Waals surface area contributed by atoms with Crippen molar-refractivity contribution in [2.24, 2.45) is 0 Å². The Labute approximate surface area is 258 Å². The van der Waals surface area contributed by atoms with E-state index >= 15 is 0 Å². The van der Waals surface area contributed by atoms with Crippen molar-refractivity contribution in [3.63, 3.8) is 0 Å². The summed E-state index contributed by atoms with van der Waals surface area (Å²) in [7, 11) is 1.34. The number of aromatic nitrogens is 4. The van der Waals surface area contributed by atoms with Crippen LogP contribution in [0.2, 0.25) is 5.02 Å². The molecule has 0 aliphatic heterocycles. The van der Waals surface area contributed by atoms with Crippen molar-refractivity contribution in [1.29, 1.82) is 0 Å². The van der Waals surface area contributed by atoms with E-state index in [1.54, 1.807) is 24.3 Å². The van der Waals surface area contributed by atoms with E-state index in [0.717, 1.165) is 10.2 Å². The van der Waals surface area contributed by atoms with Gasteiger partial charge in [-0.1, -0.05) is 47.1 Å². The maximum atomic E-state index is 13.7. The van der Waals surface area contributed by atoms with Crippen molar-refractivity contribution < 1.29 is 32.6 Å². The summed E-state index contributed by atoms with van der Waals surface area (Å²) in [6.45, 7) is 0. The summed E-state index contributed by atoms with van der Waals surface area (Å²) in [6, 6.07) is 18.9. The number of carbonyl (C=O) groups excluding carboxylic acids is 1. The van der Waals surface area contributed by atoms with Crippen molar-refractivity contribution in [3.8, 4) is 22.6 Å². The zero-order valence-electron chi connectivity index (χ0n) is 23.3. The Hall–Kier alpha value is -5.43. The number of carbonyl (C=O) groups is 2. The van der Waals surface area contributed by atoms with Crippen molar-refractivity contribution in [1.82, 2.24) is 19.6 Å². The molecule has 0 saturated heterocycles. The second-order valence-electron chi connectivity index (χ2n) is 9.79. The lowest BCUT2D eigenvalue weighted by Crippen LogP contribution is -2.34. The standard InChI is InChI=1S/C31H23ClF3N5O5/c1-45-26-16-39(25(13-18-5-3-2-4-6-18)29(42)36-21-10-7-19(8-11-21)30(43)44)28(41)15-23(26)22-14-20(32)9-12-24(22)40-17-27(37-38-40)31(33,34)35/h2-12,14-17,25H,13H2,1H3,(H,36,42)(H,43,44)/t25-/m0/s1. The lowest BCUT2D eigenvalue weighted by Gasteiger charge is -2.22. The molecule has 0 fully saturated rings. The number of methoxy groups -OCH3 is 1. The van der Waals surface area contributed by atoms with Gasteiger partial charge < -0.3 is 15.2 Å². The monoisotopic (exact) mass is 637 g/mol. The van der Waals surface area contributed by atoms with Gasteiger partial charge in [0, 0.05) is 34.3 Å². The highest BCUT2D eigenvalue weighted by molar-refractivity contribution is 6.31. The minimum atomic E-state index is -4.73. The number of anilines is 1. The van der Waals surface area contributed by atoms with Crippen molar-refractivity contribution >= 4 is 29.2 Å². The molecular weight excluding hydrogens is 615 g/mol. The molecule has 14 heteroatoms. The molecule has 3 aromatic carbocycles. The first-order valence-corrected chi connectivity index (χ1v) is 13.6. The molecule has 2 aromatic heterocycles. The number of hydrogen-bond donors (Lipinski definition) is 2. The normalized spacial score (nSPS) is 12.0. The van der Waals surface area contributed by atoms with Crippen LogP contribution in [-0.4, -0.2) is 43.7 Å². The zero-order valence-corrected chi connectivity index (χ0v) is 24.1. The Bertz CT molecular complexity index is 1930. The van der Waals surface area contributed by atoms with Gasteiger partial charge in [-0.05, 0) is 48.0 Å². The first kappa shape index (κ1) is 31.0. The SMILES string of the molecule is COc1cn([C@@H](Cc2ccccc2)C(=O)Nc2ccc(C(=O)O)cc2)c(=O)cc1-c1cc(Cl)ccc1-n1cc(C(F)(F)F)nn1. The van der Waals surface area contributed by atoms with E-state index in [4.69, 9.17) is 16.3 Å². The van der Waals surface area contributed by atoms with Crippen molar-refractivity contribution in [2.75, 3.05) is 12.4 Å². The van der Waals surface area contributed by atoms with Gasteiger partial charge in [-0.2, -0.15) is 13.2 Å². The van der Waals surface area contributed by atoms with Gasteiger partial charge in [0.05, 0.1) is 30.8 Å². The lowest BCUT2D eigenvalue weighted by atomic mass is 10.0. The number of carboxylic acid groups (broad SMARTS) is 1. The van der Waals surface area contributed by atoms with E-state index in [1.165, 1.54) is 66.4 Å². The van der Waals surface area contributed by atoms with Crippen molar-refractivity contribution in [3.05, 3.63) is 123 Å². The Kier molecular flexibility index (Phi) is 8.73. The van der Waals surface area contributed by atoms with Gasteiger partial charge in [-0.15, -0.1) is 5.10 Å². The van der Waals surface area contributed by atoms with Gasteiger partial charge in [-0.25, -0.2) is 9.48 Å². The van der Waals surface area contributed by atoms with Crippen LogP contribution in [0, 0.1) is 0 Å². The van der Waals surface area contributed by atoms with Crippen LogP contribution in [0.5, 0.6) is 5.75 Å². The molecule has 45 heavy (non-hydrogen) atoms. The van der Waals surface area contributed by atoms with Gasteiger partial charge in [0.1, 0.15) is 11.8 Å². The molecule has 2 N–H and O–H groups in total. The number of rotatable bonds is 9. The van der Waals surface area contributed by atoms with Crippen LogP contribution in [0.3, 0.4) is 0 Å². The van der Waals surface area contributed by atoms with Gasteiger partial charge in [-0.3, -0.25) is 14.2 Å². The number of halogens is 4. The first-order valence-electron chi connectivity index (χ1n) is 13.2. The van der Waals surface area contributed by atoms with Crippen LogP contribution in [0.25, 0.3) is 16.8 Å². The number of aromatic carboxylic acids is 1.